The third-order valence-electron chi connectivity index (χ3n) is 2.24. The highest BCUT2D eigenvalue weighted by atomic mass is 35.5. The highest BCUT2D eigenvalue weighted by Crippen LogP contribution is 2.24. The molecule has 0 N–H and O–H groups in total. The average Bonchev–Trinajstić information content (AvgIpc) is 2.09. The second-order valence-corrected chi connectivity index (χ2v) is 5.27. The van der Waals surface area contributed by atoms with Crippen molar-refractivity contribution in [3.05, 3.63) is 17.0 Å². The third kappa shape index (κ3) is 2.62. The monoisotopic (exact) mass is 242 g/mol. The maximum atomic E-state index is 5.94. The van der Waals surface area contributed by atoms with Gasteiger partial charge in [0.2, 0.25) is 5.88 Å². The Balaban J connectivity index is 2.21. The molecule has 0 aromatic carbocycles. The lowest BCUT2D eigenvalue weighted by molar-refractivity contribution is -0.0814. The fraction of sp³-hybridized carbons (Fsp3) is 0.636. The van der Waals surface area contributed by atoms with Gasteiger partial charge in [-0.25, -0.2) is 4.98 Å². The summed E-state index contributed by atoms with van der Waals surface area (Å²) in [5.74, 6) is 1.22. The SMILES string of the molecule is CC(C)(C)c1nc(Cl)cc(OC2COC2)n1. The average molecular weight is 243 g/mol. The van der Waals surface area contributed by atoms with Crippen LogP contribution in [0.3, 0.4) is 0 Å². The van der Waals surface area contributed by atoms with Gasteiger partial charge in [-0.1, -0.05) is 32.4 Å². The van der Waals surface area contributed by atoms with Crippen molar-refractivity contribution < 1.29 is 9.47 Å². The fourth-order valence-electron chi connectivity index (χ4n) is 1.25. The van der Waals surface area contributed by atoms with Gasteiger partial charge in [0.1, 0.15) is 17.1 Å². The Bertz CT molecular complexity index is 386. The Morgan fingerprint density at radius 3 is 2.56 bits per heavy atom. The van der Waals surface area contributed by atoms with Gasteiger partial charge in [-0.05, 0) is 0 Å². The Labute approximate surface area is 99.9 Å². The minimum Gasteiger partial charge on any atom is -0.469 e. The van der Waals surface area contributed by atoms with Crippen LogP contribution >= 0.6 is 11.6 Å². The molecule has 1 aliphatic heterocycles. The first-order valence-electron chi connectivity index (χ1n) is 5.24. The van der Waals surface area contributed by atoms with Crippen LogP contribution < -0.4 is 4.74 Å². The molecule has 0 amide bonds. The smallest absolute Gasteiger partial charge is 0.218 e. The van der Waals surface area contributed by atoms with Crippen molar-refractivity contribution in [1.82, 2.24) is 9.97 Å². The standard InChI is InChI=1S/C11H15ClN2O2/c1-11(2,3)10-13-8(12)4-9(14-10)16-7-5-15-6-7/h4,7H,5-6H2,1-3H3. The molecule has 5 heteroatoms. The summed E-state index contributed by atoms with van der Waals surface area (Å²) in [5.41, 5.74) is -0.140. The van der Waals surface area contributed by atoms with E-state index in [9.17, 15) is 0 Å². The highest BCUT2D eigenvalue weighted by molar-refractivity contribution is 6.29. The molecule has 0 spiro atoms. The molecule has 4 nitrogen and oxygen atoms in total. The van der Waals surface area contributed by atoms with E-state index in [1.807, 2.05) is 20.8 Å². The summed E-state index contributed by atoms with van der Waals surface area (Å²) in [6, 6.07) is 1.63. The molecule has 2 heterocycles. The van der Waals surface area contributed by atoms with Crippen molar-refractivity contribution in [2.24, 2.45) is 0 Å². The van der Waals surface area contributed by atoms with Crippen LogP contribution in [0.15, 0.2) is 6.07 Å². The lowest BCUT2D eigenvalue weighted by Crippen LogP contribution is -2.38. The van der Waals surface area contributed by atoms with Gasteiger partial charge in [0.25, 0.3) is 0 Å². The number of rotatable bonds is 2. The molecule has 1 aromatic heterocycles. The summed E-state index contributed by atoms with van der Waals surface area (Å²) in [4.78, 5) is 8.55. The normalized spacial score (nSPS) is 17.0. The zero-order chi connectivity index (χ0) is 11.8. The zero-order valence-electron chi connectivity index (χ0n) is 9.66. The first-order valence-corrected chi connectivity index (χ1v) is 5.62. The zero-order valence-corrected chi connectivity index (χ0v) is 10.4. The number of nitrogens with zero attached hydrogens (tertiary/aromatic N) is 2. The molecule has 0 radical (unpaired) electrons. The Morgan fingerprint density at radius 1 is 1.38 bits per heavy atom. The molecule has 16 heavy (non-hydrogen) atoms. The molecule has 1 fully saturated rings. The first-order chi connectivity index (χ1) is 7.45. The van der Waals surface area contributed by atoms with Crippen LogP contribution in [0.5, 0.6) is 5.88 Å². The summed E-state index contributed by atoms with van der Waals surface area (Å²) in [6.07, 6.45) is 0.0961. The van der Waals surface area contributed by atoms with Crippen molar-refractivity contribution >= 4 is 11.6 Å². The molecule has 1 saturated heterocycles. The number of ether oxygens (including phenoxy) is 2. The molecule has 0 aliphatic carbocycles. The Morgan fingerprint density at radius 2 is 2.06 bits per heavy atom. The van der Waals surface area contributed by atoms with Crippen LogP contribution in [0.25, 0.3) is 0 Å². The predicted molar refractivity (Wildman–Crippen MR) is 61.0 cm³/mol. The van der Waals surface area contributed by atoms with Gasteiger partial charge in [-0.3, -0.25) is 0 Å². The molecule has 2 rings (SSSR count). The molecular weight excluding hydrogens is 228 g/mol. The van der Waals surface area contributed by atoms with Gasteiger partial charge < -0.3 is 9.47 Å². The van der Waals surface area contributed by atoms with Crippen LogP contribution in [-0.2, 0) is 10.2 Å². The van der Waals surface area contributed by atoms with Crippen LogP contribution in [0.2, 0.25) is 5.15 Å². The van der Waals surface area contributed by atoms with Crippen molar-refractivity contribution in [2.45, 2.75) is 32.3 Å². The van der Waals surface area contributed by atoms with Gasteiger partial charge in [-0.2, -0.15) is 4.98 Å². The molecular formula is C11H15ClN2O2. The first kappa shape index (κ1) is 11.6. The number of halogens is 1. The fourth-order valence-corrected chi connectivity index (χ4v) is 1.42. The molecule has 1 aliphatic rings. The number of hydrogen-bond donors (Lipinski definition) is 0. The summed E-state index contributed by atoms with van der Waals surface area (Å²) in [7, 11) is 0. The minimum absolute atomic E-state index is 0.0961. The predicted octanol–water partition coefficient (Wildman–Crippen LogP) is 2.21. The quantitative estimate of drug-likeness (QED) is 0.746. The maximum absolute atomic E-state index is 5.94. The van der Waals surface area contributed by atoms with Crippen molar-refractivity contribution in [1.29, 1.82) is 0 Å². The van der Waals surface area contributed by atoms with E-state index in [1.54, 1.807) is 6.07 Å². The van der Waals surface area contributed by atoms with E-state index < -0.39 is 0 Å². The molecule has 0 unspecified atom stereocenters. The highest BCUT2D eigenvalue weighted by Gasteiger charge is 2.23. The lowest BCUT2D eigenvalue weighted by Gasteiger charge is -2.26. The van der Waals surface area contributed by atoms with Crippen LogP contribution in [0, 0.1) is 0 Å². The molecule has 0 bridgehead atoms. The number of aromatic nitrogens is 2. The van der Waals surface area contributed by atoms with Crippen LogP contribution in [-0.4, -0.2) is 29.3 Å². The Hall–Kier alpha value is -0.870. The molecule has 0 atom stereocenters. The lowest BCUT2D eigenvalue weighted by atomic mass is 9.96. The van der Waals surface area contributed by atoms with Gasteiger partial charge in [0, 0.05) is 11.5 Å². The summed E-state index contributed by atoms with van der Waals surface area (Å²) in [5, 5.41) is 0.412. The topological polar surface area (TPSA) is 44.2 Å². The van der Waals surface area contributed by atoms with Crippen LogP contribution in [0.4, 0.5) is 0 Å². The van der Waals surface area contributed by atoms with Crippen LogP contribution in [0.1, 0.15) is 26.6 Å². The third-order valence-corrected chi connectivity index (χ3v) is 2.43. The molecule has 0 saturated carbocycles. The molecule has 1 aromatic rings. The largest absolute Gasteiger partial charge is 0.469 e. The van der Waals surface area contributed by atoms with Gasteiger partial charge >= 0.3 is 0 Å². The van der Waals surface area contributed by atoms with Crippen molar-refractivity contribution in [2.75, 3.05) is 13.2 Å². The minimum atomic E-state index is -0.140. The van der Waals surface area contributed by atoms with E-state index in [2.05, 4.69) is 9.97 Å². The van der Waals surface area contributed by atoms with Crippen molar-refractivity contribution in [3.63, 3.8) is 0 Å². The van der Waals surface area contributed by atoms with Gasteiger partial charge in [-0.15, -0.1) is 0 Å². The Kier molecular flexibility index (Phi) is 3.04. The van der Waals surface area contributed by atoms with E-state index in [0.717, 1.165) is 0 Å². The van der Waals surface area contributed by atoms with E-state index in [-0.39, 0.29) is 11.5 Å². The summed E-state index contributed by atoms with van der Waals surface area (Å²) < 4.78 is 10.6. The van der Waals surface area contributed by atoms with Gasteiger partial charge in [0.15, 0.2) is 0 Å². The van der Waals surface area contributed by atoms with Gasteiger partial charge in [0.05, 0.1) is 13.2 Å². The van der Waals surface area contributed by atoms with E-state index in [1.165, 1.54) is 0 Å². The maximum Gasteiger partial charge on any atom is 0.218 e. The second-order valence-electron chi connectivity index (χ2n) is 4.88. The van der Waals surface area contributed by atoms with E-state index >= 15 is 0 Å². The second kappa shape index (κ2) is 4.18. The van der Waals surface area contributed by atoms with Crippen molar-refractivity contribution in [3.8, 4) is 5.88 Å². The summed E-state index contributed by atoms with van der Waals surface area (Å²) in [6.45, 7) is 7.34. The van der Waals surface area contributed by atoms with E-state index in [0.29, 0.717) is 30.1 Å². The number of hydrogen-bond acceptors (Lipinski definition) is 4. The molecule has 88 valence electrons. The summed E-state index contributed by atoms with van der Waals surface area (Å²) >= 11 is 5.94. The van der Waals surface area contributed by atoms with E-state index in [4.69, 9.17) is 21.1 Å².